The van der Waals surface area contributed by atoms with Crippen LogP contribution in [0.3, 0.4) is 0 Å². The Bertz CT molecular complexity index is 507. The molecule has 0 fully saturated rings. The molecule has 0 aliphatic rings. The SMILES string of the molecule is CCSC(=S)SCC(=O)OCCOCCOCCSSc1ccccn1. The number of hydrogen-bond donors (Lipinski definition) is 0. The van der Waals surface area contributed by atoms with Gasteiger partial charge in [-0.1, -0.05) is 47.8 Å². The van der Waals surface area contributed by atoms with Crippen molar-refractivity contribution in [1.82, 2.24) is 4.98 Å². The topological polar surface area (TPSA) is 57.7 Å². The fraction of sp³-hybridized carbons (Fsp3) is 0.562. The van der Waals surface area contributed by atoms with Gasteiger partial charge in [-0.2, -0.15) is 0 Å². The van der Waals surface area contributed by atoms with Crippen LogP contribution in [-0.2, 0) is 19.0 Å². The summed E-state index contributed by atoms with van der Waals surface area (Å²) in [7, 11) is 3.35. The molecule has 10 heteroatoms. The number of esters is 1. The molecule has 5 nitrogen and oxygen atoms in total. The van der Waals surface area contributed by atoms with Crippen LogP contribution >= 0.6 is 57.3 Å². The highest BCUT2D eigenvalue weighted by atomic mass is 33.1. The maximum Gasteiger partial charge on any atom is 0.316 e. The first kappa shape index (κ1) is 24.1. The largest absolute Gasteiger partial charge is 0.463 e. The van der Waals surface area contributed by atoms with Gasteiger partial charge >= 0.3 is 5.97 Å². The zero-order chi connectivity index (χ0) is 18.9. The van der Waals surface area contributed by atoms with Crippen LogP contribution in [0.25, 0.3) is 0 Å². The fourth-order valence-corrected chi connectivity index (χ4v) is 5.14. The number of thioether (sulfide) groups is 2. The van der Waals surface area contributed by atoms with Crippen LogP contribution in [0.4, 0.5) is 0 Å². The van der Waals surface area contributed by atoms with Gasteiger partial charge in [-0.3, -0.25) is 4.79 Å². The third-order valence-corrected chi connectivity index (χ3v) is 7.31. The maximum atomic E-state index is 11.5. The second-order valence-electron chi connectivity index (χ2n) is 4.49. The number of hydrogen-bond acceptors (Lipinski definition) is 10. The zero-order valence-corrected chi connectivity index (χ0v) is 18.7. The summed E-state index contributed by atoms with van der Waals surface area (Å²) in [6.07, 6.45) is 1.78. The number of rotatable bonds is 14. The van der Waals surface area contributed by atoms with E-state index >= 15 is 0 Å². The predicted octanol–water partition coefficient (Wildman–Crippen LogP) is 4.17. The van der Waals surface area contributed by atoms with E-state index in [1.807, 2.05) is 25.1 Å². The minimum Gasteiger partial charge on any atom is -0.463 e. The Labute approximate surface area is 176 Å². The third-order valence-electron chi connectivity index (χ3n) is 2.53. The van der Waals surface area contributed by atoms with Gasteiger partial charge in [0.1, 0.15) is 15.2 Å². The molecule has 0 saturated heterocycles. The Hall–Kier alpha value is 0.0300. The van der Waals surface area contributed by atoms with Crippen molar-refractivity contribution in [2.24, 2.45) is 0 Å². The summed E-state index contributed by atoms with van der Waals surface area (Å²) in [6, 6.07) is 5.86. The molecule has 0 bridgehead atoms. The molecule has 0 aliphatic carbocycles. The van der Waals surface area contributed by atoms with Crippen molar-refractivity contribution in [3.8, 4) is 0 Å². The van der Waals surface area contributed by atoms with E-state index in [4.69, 9.17) is 26.4 Å². The smallest absolute Gasteiger partial charge is 0.316 e. The average Bonchev–Trinajstić information content (AvgIpc) is 2.65. The quantitative estimate of drug-likeness (QED) is 0.177. The Morgan fingerprint density at radius 2 is 1.88 bits per heavy atom. The first-order valence-corrected chi connectivity index (χ1v) is 12.7. The van der Waals surface area contributed by atoms with Crippen molar-refractivity contribution in [3.63, 3.8) is 0 Å². The lowest BCUT2D eigenvalue weighted by Crippen LogP contribution is -2.14. The van der Waals surface area contributed by atoms with Crippen LogP contribution in [0.15, 0.2) is 29.4 Å². The summed E-state index contributed by atoms with van der Waals surface area (Å²) in [5.74, 6) is 1.78. The van der Waals surface area contributed by atoms with Gasteiger partial charge in [-0.05, 0) is 28.7 Å². The van der Waals surface area contributed by atoms with Crippen molar-refractivity contribution < 1.29 is 19.0 Å². The Balaban J connectivity index is 1.81. The van der Waals surface area contributed by atoms with E-state index in [2.05, 4.69) is 4.98 Å². The summed E-state index contributed by atoms with van der Waals surface area (Å²) in [5.41, 5.74) is 0. The molecule has 0 N–H and O–H groups in total. The number of nitrogens with zero attached hydrogens (tertiary/aromatic N) is 1. The predicted molar refractivity (Wildman–Crippen MR) is 118 cm³/mol. The molecule has 26 heavy (non-hydrogen) atoms. The van der Waals surface area contributed by atoms with Gasteiger partial charge in [-0.25, -0.2) is 4.98 Å². The van der Waals surface area contributed by atoms with Gasteiger partial charge in [0, 0.05) is 11.9 Å². The number of aromatic nitrogens is 1. The molecule has 1 aromatic heterocycles. The van der Waals surface area contributed by atoms with Crippen molar-refractivity contribution in [2.45, 2.75) is 11.9 Å². The summed E-state index contributed by atoms with van der Waals surface area (Å²) < 4.78 is 16.7. The Kier molecular flexibility index (Phi) is 15.9. The second-order valence-corrected chi connectivity index (χ2v) is 10.4. The highest BCUT2D eigenvalue weighted by Crippen LogP contribution is 2.28. The normalized spacial score (nSPS) is 10.7. The molecule has 0 saturated carbocycles. The summed E-state index contributed by atoms with van der Waals surface area (Å²) >= 11 is 7.99. The molecular weight excluding hydrogens is 431 g/mol. The zero-order valence-electron chi connectivity index (χ0n) is 14.6. The Morgan fingerprint density at radius 1 is 1.12 bits per heavy atom. The molecular formula is C16H23NO4S5. The lowest BCUT2D eigenvalue weighted by atomic mass is 10.5. The number of ether oxygens (including phenoxy) is 3. The number of carbonyl (C=O) groups excluding carboxylic acids is 1. The lowest BCUT2D eigenvalue weighted by molar-refractivity contribution is -0.142. The van der Waals surface area contributed by atoms with Crippen molar-refractivity contribution >= 4 is 66.8 Å². The van der Waals surface area contributed by atoms with Crippen LogP contribution < -0.4 is 0 Å². The standard InChI is InChI=1S/C16H23NO4S5/c1-2-23-16(22)24-13-15(18)21-10-9-19-7-8-20-11-12-25-26-14-5-3-4-6-17-14/h3-6H,2,7-13H2,1H3. The fourth-order valence-electron chi connectivity index (χ4n) is 1.45. The van der Waals surface area contributed by atoms with Gasteiger partial charge in [0.15, 0.2) is 0 Å². The van der Waals surface area contributed by atoms with Gasteiger partial charge in [-0.15, -0.1) is 11.8 Å². The second kappa shape index (κ2) is 17.2. The van der Waals surface area contributed by atoms with E-state index in [9.17, 15) is 4.79 Å². The summed E-state index contributed by atoms with van der Waals surface area (Å²) in [6.45, 7) is 4.33. The Morgan fingerprint density at radius 3 is 2.62 bits per heavy atom. The van der Waals surface area contributed by atoms with Crippen LogP contribution in [-0.4, -0.2) is 64.8 Å². The van der Waals surface area contributed by atoms with E-state index in [1.165, 1.54) is 11.8 Å². The van der Waals surface area contributed by atoms with E-state index in [0.29, 0.717) is 26.4 Å². The van der Waals surface area contributed by atoms with Gasteiger partial charge in [0.2, 0.25) is 0 Å². The molecule has 0 unspecified atom stereocenters. The maximum absolute atomic E-state index is 11.5. The minimum atomic E-state index is -0.267. The van der Waals surface area contributed by atoms with E-state index in [-0.39, 0.29) is 18.3 Å². The molecule has 1 heterocycles. The molecule has 0 spiro atoms. The van der Waals surface area contributed by atoms with Gasteiger partial charge < -0.3 is 14.2 Å². The van der Waals surface area contributed by atoms with Gasteiger partial charge in [0.05, 0.1) is 32.2 Å². The molecule has 1 aromatic rings. The number of carbonyl (C=O) groups is 1. The first-order valence-electron chi connectivity index (χ1n) is 8.03. The highest BCUT2D eigenvalue weighted by Gasteiger charge is 2.05. The molecule has 0 aliphatic heterocycles. The summed E-state index contributed by atoms with van der Waals surface area (Å²) in [4.78, 5) is 15.7. The highest BCUT2D eigenvalue weighted by molar-refractivity contribution is 8.76. The molecule has 0 amide bonds. The first-order chi connectivity index (χ1) is 12.7. The monoisotopic (exact) mass is 453 g/mol. The molecule has 146 valence electrons. The van der Waals surface area contributed by atoms with Crippen LogP contribution in [0.1, 0.15) is 6.92 Å². The van der Waals surface area contributed by atoms with Crippen molar-refractivity contribution in [1.29, 1.82) is 0 Å². The summed E-state index contributed by atoms with van der Waals surface area (Å²) in [5, 5.41) is 1.000. The van der Waals surface area contributed by atoms with E-state index in [1.54, 1.807) is 39.5 Å². The number of pyridine rings is 1. The van der Waals surface area contributed by atoms with Crippen LogP contribution in [0.5, 0.6) is 0 Å². The molecule has 0 aromatic carbocycles. The molecule has 1 rings (SSSR count). The lowest BCUT2D eigenvalue weighted by Gasteiger charge is -2.07. The van der Waals surface area contributed by atoms with E-state index in [0.717, 1.165) is 20.1 Å². The van der Waals surface area contributed by atoms with E-state index < -0.39 is 0 Å². The molecule has 0 radical (unpaired) electrons. The van der Waals surface area contributed by atoms with Crippen molar-refractivity contribution in [3.05, 3.63) is 24.4 Å². The number of thiocarbonyl (C=S) groups is 1. The van der Waals surface area contributed by atoms with Crippen LogP contribution in [0.2, 0.25) is 0 Å². The van der Waals surface area contributed by atoms with Crippen molar-refractivity contribution in [2.75, 3.05) is 50.3 Å². The minimum absolute atomic E-state index is 0.253. The van der Waals surface area contributed by atoms with Crippen LogP contribution in [0, 0.1) is 0 Å². The van der Waals surface area contributed by atoms with Gasteiger partial charge in [0.25, 0.3) is 0 Å². The molecule has 0 atom stereocenters. The average molecular weight is 454 g/mol. The third kappa shape index (κ3) is 14.1.